The van der Waals surface area contributed by atoms with Crippen LogP contribution in [0.3, 0.4) is 0 Å². The Labute approximate surface area is 282 Å². The summed E-state index contributed by atoms with van der Waals surface area (Å²) >= 11 is 0. The summed E-state index contributed by atoms with van der Waals surface area (Å²) in [6, 6.07) is 5.49. The number of hydrogen-bond acceptors (Lipinski definition) is 13. The summed E-state index contributed by atoms with van der Waals surface area (Å²) in [4.78, 5) is 70.6. The Bertz CT molecular complexity index is 1100. The summed E-state index contributed by atoms with van der Waals surface area (Å²) in [6.45, 7) is 1.36. The maximum atomic E-state index is 10.4. The summed E-state index contributed by atoms with van der Waals surface area (Å²) < 4.78 is 0. The summed E-state index contributed by atoms with van der Waals surface area (Å²) in [5.41, 5.74) is 31.4. The third-order valence-electron chi connectivity index (χ3n) is 6.02. The molecule has 5 atom stereocenters. The van der Waals surface area contributed by atoms with Gasteiger partial charge in [-0.05, 0) is 63.6 Å². The number of primary amides is 1. The van der Waals surface area contributed by atoms with Crippen molar-refractivity contribution in [3.05, 3.63) is 35.9 Å². The van der Waals surface area contributed by atoms with E-state index in [9.17, 15) is 33.6 Å². The molecule has 0 bridgehead atoms. The van der Waals surface area contributed by atoms with Crippen LogP contribution in [0.2, 0.25) is 0 Å². The number of amides is 1. The fourth-order valence-corrected chi connectivity index (χ4v) is 3.14. The molecule has 280 valence electrons. The third-order valence-corrected chi connectivity index (χ3v) is 6.02. The molecule has 1 amide bonds. The minimum Gasteiger partial charge on any atom is -0.481 e. The van der Waals surface area contributed by atoms with Crippen molar-refractivity contribution < 1.29 is 64.2 Å². The quantitative estimate of drug-likeness (QED) is 0.0846. The van der Waals surface area contributed by atoms with E-state index in [2.05, 4.69) is 5.32 Å². The van der Waals surface area contributed by atoms with Crippen LogP contribution in [0, 0.1) is 0 Å². The van der Waals surface area contributed by atoms with E-state index in [1.54, 1.807) is 0 Å². The van der Waals surface area contributed by atoms with E-state index in [-0.39, 0.29) is 31.7 Å². The summed E-state index contributed by atoms with van der Waals surface area (Å²) in [5, 5.41) is 52.5. The lowest BCUT2D eigenvalue weighted by molar-refractivity contribution is -0.141. The number of aliphatic carboxylic acids is 6. The minimum absolute atomic E-state index is 0.0213. The molecular formula is C29H51N7O13. The van der Waals surface area contributed by atoms with E-state index < -0.39 is 65.9 Å². The van der Waals surface area contributed by atoms with Crippen molar-refractivity contribution in [3.63, 3.8) is 0 Å². The largest absolute Gasteiger partial charge is 0.481 e. The van der Waals surface area contributed by atoms with Crippen LogP contribution in [0.4, 0.5) is 0 Å². The second-order valence-electron chi connectivity index (χ2n) is 10.3. The van der Waals surface area contributed by atoms with Crippen LogP contribution in [-0.2, 0) is 40.0 Å². The van der Waals surface area contributed by atoms with Gasteiger partial charge in [-0.1, -0.05) is 30.3 Å². The van der Waals surface area contributed by atoms with Gasteiger partial charge in [-0.2, -0.15) is 0 Å². The highest BCUT2D eigenvalue weighted by atomic mass is 16.4. The molecule has 1 heterocycles. The standard InChI is InChI=1S/C9H11NO2.C5H10N2O3.C5H12N2O2.C5H9NO4.C5H9NO2/c10-8(9(11)12)6-7-4-2-1-3-5-7;6-3(5(9)10)1-2-4(7)8;6-3-1-2-4(7)5(8)9;6-3(5(9)10)1-2-4(7)8;7-5(8)4-2-1-3-6-4/h1-5,8H,6,10H2,(H,11,12);3H,1-2,6H2,(H2,7,8)(H,9,10);4H,1-3,6-7H2,(H,8,9);3H,1-2,6H2,(H,7,8)(H,9,10);4,6H,1-3H2,(H,7,8)/t8-;3-;4-;3-;4-/m00000/s1. The Hall–Kier alpha value is -4.73. The topological polar surface area (TPSA) is 409 Å². The van der Waals surface area contributed by atoms with Crippen LogP contribution in [0.1, 0.15) is 56.9 Å². The van der Waals surface area contributed by atoms with E-state index >= 15 is 0 Å². The number of carboxylic acids is 6. The van der Waals surface area contributed by atoms with Gasteiger partial charge in [0, 0.05) is 12.8 Å². The molecule has 1 saturated heterocycles. The molecule has 0 unspecified atom stereocenters. The lowest BCUT2D eigenvalue weighted by atomic mass is 10.1. The maximum absolute atomic E-state index is 10.4. The molecule has 1 fully saturated rings. The second kappa shape index (κ2) is 29.4. The Kier molecular flexibility index (Phi) is 29.2. The van der Waals surface area contributed by atoms with Gasteiger partial charge in [0.05, 0.1) is 0 Å². The lowest BCUT2D eigenvalue weighted by Crippen LogP contribution is -2.32. The molecule has 0 aromatic heterocycles. The summed E-state index contributed by atoms with van der Waals surface area (Å²) in [5.74, 6) is -6.47. The maximum Gasteiger partial charge on any atom is 0.320 e. The molecule has 0 aliphatic carbocycles. The van der Waals surface area contributed by atoms with E-state index in [1.165, 1.54) is 0 Å². The zero-order chi connectivity index (χ0) is 38.5. The van der Waals surface area contributed by atoms with Crippen LogP contribution in [-0.4, -0.2) is 116 Å². The SMILES string of the molecule is NC(=O)CC[C@H](N)C(=O)O.NCCC[C@H](N)C(=O)O.N[C@@H](CCC(=O)O)C(=O)O.N[C@@H](Cc1ccccc1)C(=O)O.O=C(O)[C@@H]1CCCN1. The van der Waals surface area contributed by atoms with Crippen LogP contribution in [0.15, 0.2) is 30.3 Å². The lowest BCUT2D eigenvalue weighted by Gasteiger charge is -2.04. The number of nitrogens with two attached hydrogens (primary N) is 6. The average Bonchev–Trinajstić information content (AvgIpc) is 3.58. The van der Waals surface area contributed by atoms with Crippen molar-refractivity contribution in [2.45, 2.75) is 88.0 Å². The van der Waals surface area contributed by atoms with E-state index in [1.807, 2.05) is 30.3 Å². The number of hydrogen-bond donors (Lipinski definition) is 13. The predicted molar refractivity (Wildman–Crippen MR) is 175 cm³/mol. The van der Waals surface area contributed by atoms with Gasteiger partial charge in [0.2, 0.25) is 5.91 Å². The summed E-state index contributed by atoms with van der Waals surface area (Å²) in [6.07, 6.45) is 3.21. The Morgan fingerprint density at radius 1 is 0.694 bits per heavy atom. The number of nitrogens with one attached hydrogen (secondary N) is 1. The number of benzene rings is 1. The van der Waals surface area contributed by atoms with Gasteiger partial charge >= 0.3 is 35.8 Å². The molecular weight excluding hydrogens is 654 g/mol. The molecule has 1 aromatic rings. The van der Waals surface area contributed by atoms with Crippen LogP contribution < -0.4 is 39.7 Å². The van der Waals surface area contributed by atoms with E-state index in [0.717, 1.165) is 24.9 Å². The van der Waals surface area contributed by atoms with Crippen LogP contribution in [0.25, 0.3) is 0 Å². The number of carbonyl (C=O) groups is 7. The monoisotopic (exact) mass is 705 g/mol. The number of rotatable bonds is 16. The van der Waals surface area contributed by atoms with Crippen molar-refractivity contribution in [2.24, 2.45) is 34.4 Å². The fourth-order valence-electron chi connectivity index (χ4n) is 3.14. The van der Waals surface area contributed by atoms with Gasteiger partial charge in [0.15, 0.2) is 0 Å². The molecule has 1 aliphatic heterocycles. The Morgan fingerprint density at radius 2 is 1.14 bits per heavy atom. The normalized spacial score (nSPS) is 15.2. The number of carbonyl (C=O) groups excluding carboxylic acids is 1. The smallest absolute Gasteiger partial charge is 0.320 e. The molecule has 20 heteroatoms. The highest BCUT2D eigenvalue weighted by Crippen LogP contribution is 2.03. The predicted octanol–water partition coefficient (Wildman–Crippen LogP) is -2.47. The average molecular weight is 706 g/mol. The van der Waals surface area contributed by atoms with E-state index in [4.69, 9.17) is 65.0 Å². The fraction of sp³-hybridized carbons (Fsp3) is 0.552. The molecule has 49 heavy (non-hydrogen) atoms. The van der Waals surface area contributed by atoms with Gasteiger partial charge in [0.25, 0.3) is 0 Å². The second-order valence-corrected chi connectivity index (χ2v) is 10.3. The zero-order valence-electron chi connectivity index (χ0n) is 27.1. The Morgan fingerprint density at radius 3 is 1.47 bits per heavy atom. The molecule has 20 nitrogen and oxygen atoms in total. The first-order valence-corrected chi connectivity index (χ1v) is 14.9. The van der Waals surface area contributed by atoms with Gasteiger partial charge in [-0.15, -0.1) is 0 Å². The molecule has 1 aromatic carbocycles. The van der Waals surface area contributed by atoms with Gasteiger partial charge < -0.3 is 70.4 Å². The first-order valence-electron chi connectivity index (χ1n) is 14.9. The van der Waals surface area contributed by atoms with E-state index in [0.29, 0.717) is 25.8 Å². The van der Waals surface area contributed by atoms with Gasteiger partial charge in [0.1, 0.15) is 30.2 Å². The molecule has 0 saturated carbocycles. The highest BCUT2D eigenvalue weighted by Gasteiger charge is 2.20. The third kappa shape index (κ3) is 31.6. The zero-order valence-corrected chi connectivity index (χ0v) is 27.1. The first kappa shape index (κ1) is 48.7. The van der Waals surface area contributed by atoms with Crippen molar-refractivity contribution in [3.8, 4) is 0 Å². The molecule has 0 radical (unpaired) electrons. The molecule has 2 rings (SSSR count). The van der Waals surface area contributed by atoms with Gasteiger partial charge in [-0.25, -0.2) is 0 Å². The van der Waals surface area contributed by atoms with Crippen molar-refractivity contribution in [1.29, 1.82) is 0 Å². The molecule has 19 N–H and O–H groups in total. The first-order chi connectivity index (χ1) is 22.8. The molecule has 1 aliphatic rings. The van der Waals surface area contributed by atoms with Crippen molar-refractivity contribution in [2.75, 3.05) is 13.1 Å². The van der Waals surface area contributed by atoms with Crippen molar-refractivity contribution in [1.82, 2.24) is 5.32 Å². The summed E-state index contributed by atoms with van der Waals surface area (Å²) in [7, 11) is 0. The van der Waals surface area contributed by atoms with Crippen LogP contribution in [0.5, 0.6) is 0 Å². The molecule has 0 spiro atoms. The Balaban J connectivity index is -0.000000543. The van der Waals surface area contributed by atoms with Crippen LogP contribution >= 0.6 is 0 Å². The minimum atomic E-state index is -1.17. The highest BCUT2D eigenvalue weighted by molar-refractivity contribution is 5.77. The van der Waals surface area contributed by atoms with Gasteiger partial charge in [-0.3, -0.25) is 33.6 Å². The number of carboxylic acid groups (broad SMARTS) is 6. The van der Waals surface area contributed by atoms with Crippen molar-refractivity contribution >= 4 is 41.7 Å².